The third kappa shape index (κ3) is 1.83. The van der Waals surface area contributed by atoms with Crippen LogP contribution in [0.4, 0.5) is 0 Å². The van der Waals surface area contributed by atoms with Crippen molar-refractivity contribution in [2.75, 3.05) is 6.54 Å². The summed E-state index contributed by atoms with van der Waals surface area (Å²) in [7, 11) is 0. The van der Waals surface area contributed by atoms with Crippen molar-refractivity contribution in [3.8, 4) is 0 Å². The van der Waals surface area contributed by atoms with Gasteiger partial charge in [-0.1, -0.05) is 38.1 Å². The molecule has 1 aliphatic carbocycles. The van der Waals surface area contributed by atoms with Crippen LogP contribution in [0.3, 0.4) is 0 Å². The Labute approximate surface area is 86.3 Å². The predicted octanol–water partition coefficient (Wildman–Crippen LogP) is 2.87. The fourth-order valence-corrected chi connectivity index (χ4v) is 2.07. The quantitative estimate of drug-likeness (QED) is 0.777. The van der Waals surface area contributed by atoms with Crippen LogP contribution in [0.15, 0.2) is 24.3 Å². The van der Waals surface area contributed by atoms with E-state index in [4.69, 9.17) is 5.73 Å². The number of nitrogens with two attached hydrogens (primary N) is 1. The van der Waals surface area contributed by atoms with Gasteiger partial charge in [-0.15, -0.1) is 0 Å². The molecule has 1 aliphatic rings. The molecule has 1 fully saturated rings. The van der Waals surface area contributed by atoms with Crippen molar-refractivity contribution in [2.45, 2.75) is 32.1 Å². The average Bonchev–Trinajstić information content (AvgIpc) is 2.97. The Hall–Kier alpha value is -0.820. The Kier molecular flexibility index (Phi) is 2.60. The lowest BCUT2D eigenvalue weighted by molar-refractivity contribution is 0.805. The van der Waals surface area contributed by atoms with Gasteiger partial charge >= 0.3 is 0 Å². The summed E-state index contributed by atoms with van der Waals surface area (Å²) < 4.78 is 0. The monoisotopic (exact) mass is 189 g/mol. The summed E-state index contributed by atoms with van der Waals surface area (Å²) in [5, 5.41) is 0. The summed E-state index contributed by atoms with van der Waals surface area (Å²) in [4.78, 5) is 0. The first-order valence-corrected chi connectivity index (χ1v) is 5.52. The van der Waals surface area contributed by atoms with Crippen molar-refractivity contribution in [1.29, 1.82) is 0 Å². The van der Waals surface area contributed by atoms with Crippen LogP contribution in [0.1, 0.15) is 43.2 Å². The van der Waals surface area contributed by atoms with E-state index in [2.05, 4.69) is 38.1 Å². The number of rotatable bonds is 3. The first-order chi connectivity index (χ1) is 6.72. The number of hydrogen-bond donors (Lipinski definition) is 1. The SMILES string of the molecule is CC(C)c1cccc([C@@H]2C[C@H]2CN)c1. The minimum absolute atomic E-state index is 0.630. The molecule has 76 valence electrons. The molecule has 0 heterocycles. The molecule has 14 heavy (non-hydrogen) atoms. The Bertz CT molecular complexity index is 317. The molecule has 1 heteroatoms. The molecule has 1 aromatic rings. The highest BCUT2D eigenvalue weighted by Crippen LogP contribution is 2.46. The summed E-state index contributed by atoms with van der Waals surface area (Å²) in [6, 6.07) is 8.99. The molecule has 0 aliphatic heterocycles. The normalized spacial score (nSPS) is 25.4. The van der Waals surface area contributed by atoms with E-state index in [-0.39, 0.29) is 0 Å². The van der Waals surface area contributed by atoms with Gasteiger partial charge in [0.1, 0.15) is 0 Å². The highest BCUT2D eigenvalue weighted by atomic mass is 14.6. The van der Waals surface area contributed by atoms with Gasteiger partial charge in [0.25, 0.3) is 0 Å². The van der Waals surface area contributed by atoms with Gasteiger partial charge in [-0.3, -0.25) is 0 Å². The second-order valence-electron chi connectivity index (χ2n) is 4.66. The number of hydrogen-bond acceptors (Lipinski definition) is 1. The zero-order valence-electron chi connectivity index (χ0n) is 9.03. The minimum Gasteiger partial charge on any atom is -0.330 e. The molecule has 1 saturated carbocycles. The van der Waals surface area contributed by atoms with E-state index < -0.39 is 0 Å². The highest BCUT2D eigenvalue weighted by molar-refractivity contribution is 5.32. The largest absolute Gasteiger partial charge is 0.330 e. The van der Waals surface area contributed by atoms with E-state index in [1.807, 2.05) is 0 Å². The van der Waals surface area contributed by atoms with Crippen LogP contribution in [0, 0.1) is 5.92 Å². The van der Waals surface area contributed by atoms with Crippen LogP contribution < -0.4 is 5.73 Å². The zero-order chi connectivity index (χ0) is 10.1. The van der Waals surface area contributed by atoms with Crippen LogP contribution in [0.2, 0.25) is 0 Å². The lowest BCUT2D eigenvalue weighted by atomic mass is 9.98. The second-order valence-corrected chi connectivity index (χ2v) is 4.66. The molecule has 2 rings (SSSR count). The molecule has 2 N–H and O–H groups in total. The van der Waals surface area contributed by atoms with Gasteiger partial charge in [-0.2, -0.15) is 0 Å². The average molecular weight is 189 g/mol. The first kappa shape index (κ1) is 9.72. The van der Waals surface area contributed by atoms with Crippen LogP contribution in [-0.4, -0.2) is 6.54 Å². The molecule has 0 bridgehead atoms. The molecule has 1 nitrogen and oxygen atoms in total. The van der Waals surface area contributed by atoms with E-state index in [0.29, 0.717) is 5.92 Å². The Morgan fingerprint density at radius 2 is 2.21 bits per heavy atom. The Morgan fingerprint density at radius 3 is 2.79 bits per heavy atom. The van der Waals surface area contributed by atoms with Gasteiger partial charge in [0.05, 0.1) is 0 Å². The number of benzene rings is 1. The van der Waals surface area contributed by atoms with Crippen LogP contribution in [0.25, 0.3) is 0 Å². The minimum atomic E-state index is 0.630. The van der Waals surface area contributed by atoms with Gasteiger partial charge in [-0.25, -0.2) is 0 Å². The molecule has 0 unspecified atom stereocenters. The van der Waals surface area contributed by atoms with E-state index >= 15 is 0 Å². The lowest BCUT2D eigenvalue weighted by Gasteiger charge is -2.07. The predicted molar refractivity (Wildman–Crippen MR) is 60.4 cm³/mol. The van der Waals surface area contributed by atoms with Crippen LogP contribution in [0.5, 0.6) is 0 Å². The zero-order valence-corrected chi connectivity index (χ0v) is 9.03. The first-order valence-electron chi connectivity index (χ1n) is 5.52. The van der Waals surface area contributed by atoms with E-state index in [9.17, 15) is 0 Å². The van der Waals surface area contributed by atoms with Crippen molar-refractivity contribution >= 4 is 0 Å². The van der Waals surface area contributed by atoms with Crippen LogP contribution in [-0.2, 0) is 0 Å². The maximum atomic E-state index is 5.66. The molecule has 0 radical (unpaired) electrons. The molecule has 1 aromatic carbocycles. The molecule has 0 amide bonds. The Morgan fingerprint density at radius 1 is 1.43 bits per heavy atom. The highest BCUT2D eigenvalue weighted by Gasteiger charge is 2.36. The molecular weight excluding hydrogens is 170 g/mol. The van der Waals surface area contributed by atoms with Crippen molar-refractivity contribution < 1.29 is 0 Å². The molecule has 0 spiro atoms. The van der Waals surface area contributed by atoms with Gasteiger partial charge in [-0.05, 0) is 41.8 Å². The molecule has 0 aromatic heterocycles. The summed E-state index contributed by atoms with van der Waals surface area (Å²) in [5.74, 6) is 2.13. The Balaban J connectivity index is 2.15. The van der Waals surface area contributed by atoms with Crippen LogP contribution >= 0.6 is 0 Å². The van der Waals surface area contributed by atoms with Gasteiger partial charge < -0.3 is 5.73 Å². The molecule has 2 atom stereocenters. The van der Waals surface area contributed by atoms with Gasteiger partial charge in [0.2, 0.25) is 0 Å². The summed E-state index contributed by atoms with van der Waals surface area (Å²) in [6.45, 7) is 5.33. The van der Waals surface area contributed by atoms with Crippen molar-refractivity contribution in [3.05, 3.63) is 35.4 Å². The molecule has 0 saturated heterocycles. The van der Waals surface area contributed by atoms with Crippen molar-refractivity contribution in [1.82, 2.24) is 0 Å². The third-order valence-electron chi connectivity index (χ3n) is 3.23. The second kappa shape index (κ2) is 3.74. The van der Waals surface area contributed by atoms with Crippen molar-refractivity contribution in [3.63, 3.8) is 0 Å². The topological polar surface area (TPSA) is 26.0 Å². The standard InChI is InChI=1S/C13H19N/c1-9(2)10-4-3-5-11(6-10)13-7-12(13)8-14/h3-6,9,12-13H,7-8,14H2,1-2H3/t12-,13-/m0/s1. The molecular formula is C13H19N. The van der Waals surface area contributed by atoms with Gasteiger partial charge in [0.15, 0.2) is 0 Å². The summed E-state index contributed by atoms with van der Waals surface area (Å²) in [5.41, 5.74) is 8.60. The third-order valence-corrected chi connectivity index (χ3v) is 3.23. The van der Waals surface area contributed by atoms with Gasteiger partial charge in [0, 0.05) is 0 Å². The fourth-order valence-electron chi connectivity index (χ4n) is 2.07. The lowest BCUT2D eigenvalue weighted by Crippen LogP contribution is -2.02. The van der Waals surface area contributed by atoms with Crippen molar-refractivity contribution in [2.24, 2.45) is 11.7 Å². The smallest absolute Gasteiger partial charge is 0.00428 e. The maximum absolute atomic E-state index is 5.66. The van der Waals surface area contributed by atoms with E-state index in [0.717, 1.165) is 18.4 Å². The fraction of sp³-hybridized carbons (Fsp3) is 0.538. The maximum Gasteiger partial charge on any atom is -0.00428 e. The van der Waals surface area contributed by atoms with E-state index in [1.165, 1.54) is 17.5 Å². The summed E-state index contributed by atoms with van der Waals surface area (Å²) in [6.07, 6.45) is 1.29. The summed E-state index contributed by atoms with van der Waals surface area (Å²) >= 11 is 0. The van der Waals surface area contributed by atoms with E-state index in [1.54, 1.807) is 0 Å².